The van der Waals surface area contributed by atoms with Gasteiger partial charge in [-0.15, -0.1) is 0 Å². The molecule has 0 aliphatic carbocycles. The molecule has 6 nitrogen and oxygen atoms in total. The zero-order valence-corrected chi connectivity index (χ0v) is 10.9. The summed E-state index contributed by atoms with van der Waals surface area (Å²) < 4.78 is 44.8. The van der Waals surface area contributed by atoms with Gasteiger partial charge >= 0.3 is 6.18 Å². The SMILES string of the molecule is CCOCCCN=C(NN)NCCOCC(F)(F)F. The third-order valence-corrected chi connectivity index (χ3v) is 1.86. The van der Waals surface area contributed by atoms with Crippen LogP contribution in [0.2, 0.25) is 0 Å². The van der Waals surface area contributed by atoms with Crippen molar-refractivity contribution in [3.63, 3.8) is 0 Å². The number of guanidine groups is 1. The summed E-state index contributed by atoms with van der Waals surface area (Å²) in [6.45, 7) is 2.51. The highest BCUT2D eigenvalue weighted by Gasteiger charge is 2.27. The van der Waals surface area contributed by atoms with Crippen molar-refractivity contribution in [2.75, 3.05) is 39.5 Å². The van der Waals surface area contributed by atoms with Crippen molar-refractivity contribution in [3.8, 4) is 0 Å². The molecule has 0 aromatic rings. The maximum absolute atomic E-state index is 11.8. The number of halogens is 3. The molecule has 0 heterocycles. The van der Waals surface area contributed by atoms with E-state index >= 15 is 0 Å². The number of hydrogen-bond acceptors (Lipinski definition) is 4. The normalized spacial score (nSPS) is 12.6. The lowest BCUT2D eigenvalue weighted by atomic mass is 10.4. The molecule has 0 bridgehead atoms. The van der Waals surface area contributed by atoms with Gasteiger partial charge in [-0.05, 0) is 13.3 Å². The summed E-state index contributed by atoms with van der Waals surface area (Å²) in [6, 6.07) is 0. The van der Waals surface area contributed by atoms with Crippen LogP contribution in [-0.2, 0) is 9.47 Å². The van der Waals surface area contributed by atoms with Gasteiger partial charge in [0, 0.05) is 26.3 Å². The number of aliphatic imine (C=N–C) groups is 1. The zero-order valence-electron chi connectivity index (χ0n) is 10.9. The van der Waals surface area contributed by atoms with Gasteiger partial charge in [0.05, 0.1) is 6.61 Å². The maximum atomic E-state index is 11.8. The Kier molecular flexibility index (Phi) is 10.2. The van der Waals surface area contributed by atoms with Crippen LogP contribution in [0.5, 0.6) is 0 Å². The first-order valence-electron chi connectivity index (χ1n) is 5.96. The number of ether oxygens (including phenoxy) is 2. The molecule has 0 fully saturated rings. The fourth-order valence-corrected chi connectivity index (χ4v) is 1.08. The third-order valence-electron chi connectivity index (χ3n) is 1.86. The average Bonchev–Trinajstić information content (AvgIpc) is 2.34. The summed E-state index contributed by atoms with van der Waals surface area (Å²) in [5, 5.41) is 2.73. The molecule has 0 spiro atoms. The van der Waals surface area contributed by atoms with Crippen LogP contribution in [-0.4, -0.2) is 51.7 Å². The zero-order chi connectivity index (χ0) is 14.6. The van der Waals surface area contributed by atoms with Crippen LogP contribution in [0.15, 0.2) is 4.99 Å². The Labute approximate surface area is 110 Å². The molecule has 0 aromatic carbocycles. The van der Waals surface area contributed by atoms with Crippen molar-refractivity contribution < 1.29 is 22.6 Å². The first kappa shape index (κ1) is 17.9. The predicted octanol–water partition coefficient (Wildman–Crippen LogP) is 0.401. The van der Waals surface area contributed by atoms with E-state index in [2.05, 4.69) is 20.5 Å². The van der Waals surface area contributed by atoms with E-state index in [1.807, 2.05) is 6.92 Å². The molecule has 0 saturated heterocycles. The summed E-state index contributed by atoms with van der Waals surface area (Å²) in [7, 11) is 0. The van der Waals surface area contributed by atoms with Gasteiger partial charge in [0.25, 0.3) is 0 Å². The van der Waals surface area contributed by atoms with Crippen molar-refractivity contribution in [3.05, 3.63) is 0 Å². The molecule has 114 valence electrons. The second kappa shape index (κ2) is 10.8. The second-order valence-corrected chi connectivity index (χ2v) is 3.52. The lowest BCUT2D eigenvalue weighted by molar-refractivity contribution is -0.173. The van der Waals surface area contributed by atoms with Crippen LogP contribution in [0, 0.1) is 0 Å². The van der Waals surface area contributed by atoms with Crippen LogP contribution in [0.3, 0.4) is 0 Å². The minimum atomic E-state index is -4.30. The molecule has 0 amide bonds. The maximum Gasteiger partial charge on any atom is 0.411 e. The van der Waals surface area contributed by atoms with E-state index in [1.54, 1.807) is 0 Å². The van der Waals surface area contributed by atoms with Crippen LogP contribution < -0.4 is 16.6 Å². The fraction of sp³-hybridized carbons (Fsp3) is 0.900. The van der Waals surface area contributed by atoms with Crippen molar-refractivity contribution >= 4 is 5.96 Å². The van der Waals surface area contributed by atoms with Gasteiger partial charge in [0.15, 0.2) is 0 Å². The van der Waals surface area contributed by atoms with E-state index in [1.165, 1.54) is 0 Å². The van der Waals surface area contributed by atoms with Gasteiger partial charge < -0.3 is 14.8 Å². The molecular weight excluding hydrogens is 265 g/mol. The Balaban J connectivity index is 3.61. The van der Waals surface area contributed by atoms with Gasteiger partial charge in [-0.25, -0.2) is 5.84 Å². The first-order valence-corrected chi connectivity index (χ1v) is 5.96. The topological polar surface area (TPSA) is 80.9 Å². The van der Waals surface area contributed by atoms with Gasteiger partial charge in [0.2, 0.25) is 5.96 Å². The number of hydrogen-bond donors (Lipinski definition) is 3. The monoisotopic (exact) mass is 286 g/mol. The van der Waals surface area contributed by atoms with E-state index in [4.69, 9.17) is 10.6 Å². The van der Waals surface area contributed by atoms with Crippen LogP contribution in [0.25, 0.3) is 0 Å². The molecule has 0 aliphatic heterocycles. The van der Waals surface area contributed by atoms with Gasteiger partial charge in [0.1, 0.15) is 6.61 Å². The molecular formula is C10H21F3N4O2. The van der Waals surface area contributed by atoms with Crippen molar-refractivity contribution in [1.29, 1.82) is 0 Å². The van der Waals surface area contributed by atoms with Gasteiger partial charge in [-0.1, -0.05) is 0 Å². The Morgan fingerprint density at radius 1 is 1.26 bits per heavy atom. The van der Waals surface area contributed by atoms with E-state index in [0.29, 0.717) is 25.7 Å². The highest BCUT2D eigenvalue weighted by Crippen LogP contribution is 2.13. The summed E-state index contributed by atoms with van der Waals surface area (Å²) in [5.41, 5.74) is 2.32. The molecule has 0 rings (SSSR count). The lowest BCUT2D eigenvalue weighted by Gasteiger charge is -2.10. The standard InChI is InChI=1S/C10H21F3N4O2/c1-2-18-6-3-4-15-9(17-14)16-5-7-19-8-10(11,12)13/h2-8,14H2,1H3,(H2,15,16,17). The Morgan fingerprint density at radius 3 is 2.58 bits per heavy atom. The molecule has 0 saturated carbocycles. The Morgan fingerprint density at radius 2 is 2.00 bits per heavy atom. The third kappa shape index (κ3) is 13.2. The Hall–Kier alpha value is -1.06. The quantitative estimate of drug-likeness (QED) is 0.188. The summed E-state index contributed by atoms with van der Waals surface area (Å²) in [4.78, 5) is 4.07. The van der Waals surface area contributed by atoms with E-state index < -0.39 is 12.8 Å². The first-order chi connectivity index (χ1) is 8.99. The molecule has 9 heteroatoms. The molecule has 0 aromatic heterocycles. The van der Waals surface area contributed by atoms with Crippen molar-refractivity contribution in [2.45, 2.75) is 19.5 Å². The molecule has 0 unspecified atom stereocenters. The number of rotatable bonds is 9. The summed E-state index contributed by atoms with van der Waals surface area (Å²) >= 11 is 0. The number of nitrogens with one attached hydrogen (secondary N) is 2. The largest absolute Gasteiger partial charge is 0.411 e. The van der Waals surface area contributed by atoms with Crippen LogP contribution in [0.4, 0.5) is 13.2 Å². The number of hydrazine groups is 1. The lowest BCUT2D eigenvalue weighted by Crippen LogP contribution is -2.43. The highest BCUT2D eigenvalue weighted by atomic mass is 19.4. The minimum absolute atomic E-state index is 0.0842. The highest BCUT2D eigenvalue weighted by molar-refractivity contribution is 5.79. The van der Waals surface area contributed by atoms with E-state index in [-0.39, 0.29) is 13.2 Å². The molecule has 0 aliphatic rings. The van der Waals surface area contributed by atoms with E-state index in [9.17, 15) is 13.2 Å². The summed E-state index contributed by atoms with van der Waals surface area (Å²) in [6.07, 6.45) is -3.56. The summed E-state index contributed by atoms with van der Waals surface area (Å²) in [5.74, 6) is 5.51. The molecule has 19 heavy (non-hydrogen) atoms. The molecule has 0 atom stereocenters. The average molecular weight is 286 g/mol. The van der Waals surface area contributed by atoms with Crippen molar-refractivity contribution in [1.82, 2.24) is 10.7 Å². The van der Waals surface area contributed by atoms with Crippen molar-refractivity contribution in [2.24, 2.45) is 10.8 Å². The minimum Gasteiger partial charge on any atom is -0.382 e. The number of nitrogens with zero attached hydrogens (tertiary/aromatic N) is 1. The van der Waals surface area contributed by atoms with Gasteiger partial charge in [-0.3, -0.25) is 10.4 Å². The number of alkyl halides is 3. The Bertz CT molecular complexity index is 249. The molecule has 0 radical (unpaired) electrons. The van der Waals surface area contributed by atoms with Gasteiger partial charge in [-0.2, -0.15) is 13.2 Å². The number of nitrogens with two attached hydrogens (primary N) is 1. The van der Waals surface area contributed by atoms with Crippen LogP contribution in [0.1, 0.15) is 13.3 Å². The smallest absolute Gasteiger partial charge is 0.382 e. The molecule has 4 N–H and O–H groups in total. The van der Waals surface area contributed by atoms with Crippen LogP contribution >= 0.6 is 0 Å². The predicted molar refractivity (Wildman–Crippen MR) is 65.6 cm³/mol. The van der Waals surface area contributed by atoms with E-state index in [0.717, 1.165) is 6.42 Å². The second-order valence-electron chi connectivity index (χ2n) is 3.52. The fourth-order valence-electron chi connectivity index (χ4n) is 1.08.